The molecule has 0 bridgehead atoms. The van der Waals surface area contributed by atoms with Crippen LogP contribution in [-0.2, 0) is 6.42 Å². The quantitative estimate of drug-likeness (QED) is 0.344. The number of pyridine rings is 1. The highest BCUT2D eigenvalue weighted by molar-refractivity contribution is 6.00. The van der Waals surface area contributed by atoms with Gasteiger partial charge in [-0.15, -0.1) is 0 Å². The highest BCUT2D eigenvalue weighted by Gasteiger charge is 2.21. The number of benzene rings is 2. The molecule has 0 aliphatic rings. The van der Waals surface area contributed by atoms with Crippen molar-refractivity contribution in [2.45, 2.75) is 13.3 Å². The van der Waals surface area contributed by atoms with E-state index in [0.29, 0.717) is 6.61 Å². The molecule has 0 fully saturated rings. The third-order valence-corrected chi connectivity index (χ3v) is 6.14. The lowest BCUT2D eigenvalue weighted by Gasteiger charge is -2.17. The van der Waals surface area contributed by atoms with E-state index in [-0.39, 0.29) is 5.75 Å². The fourth-order valence-electron chi connectivity index (χ4n) is 4.66. The average Bonchev–Trinajstić information content (AvgIpc) is 3.36. The first kappa shape index (κ1) is 20.4. The molecule has 3 aromatic heterocycles. The zero-order chi connectivity index (χ0) is 22.2. The van der Waals surface area contributed by atoms with Gasteiger partial charge in [0.2, 0.25) is 0 Å². The van der Waals surface area contributed by atoms with Gasteiger partial charge in [0.1, 0.15) is 18.1 Å². The molecule has 32 heavy (non-hydrogen) atoms. The first-order valence-corrected chi connectivity index (χ1v) is 11.1. The van der Waals surface area contributed by atoms with Gasteiger partial charge in [-0.25, -0.2) is 0 Å². The smallest absolute Gasteiger partial charge is 0.127 e. The van der Waals surface area contributed by atoms with Crippen LogP contribution in [0.1, 0.15) is 12.5 Å². The Morgan fingerprint density at radius 3 is 2.50 bits per heavy atom. The molecule has 0 amide bonds. The van der Waals surface area contributed by atoms with Gasteiger partial charge < -0.3 is 19.1 Å². The van der Waals surface area contributed by atoms with Crippen LogP contribution in [0.2, 0.25) is 0 Å². The Labute approximate surface area is 188 Å². The first-order chi connectivity index (χ1) is 15.6. The van der Waals surface area contributed by atoms with Crippen molar-refractivity contribution in [3.63, 3.8) is 0 Å². The van der Waals surface area contributed by atoms with E-state index in [1.165, 1.54) is 27.7 Å². The van der Waals surface area contributed by atoms with Crippen LogP contribution < -0.4 is 4.74 Å². The third-order valence-electron chi connectivity index (χ3n) is 6.14. The predicted molar refractivity (Wildman–Crippen MR) is 132 cm³/mol. The molecule has 0 radical (unpaired) electrons. The summed E-state index contributed by atoms with van der Waals surface area (Å²) in [6.07, 6.45) is 0.928. The van der Waals surface area contributed by atoms with Gasteiger partial charge in [0.05, 0.1) is 11.0 Å². The molecule has 5 aromatic rings. The van der Waals surface area contributed by atoms with Crippen LogP contribution in [0.25, 0.3) is 38.8 Å². The van der Waals surface area contributed by atoms with E-state index >= 15 is 0 Å². The molecule has 2 aromatic carbocycles. The number of aryl methyl sites for hydroxylation is 1. The fourth-order valence-corrected chi connectivity index (χ4v) is 4.66. The second kappa shape index (κ2) is 8.21. The monoisotopic (exact) mass is 424 g/mol. The van der Waals surface area contributed by atoms with Crippen molar-refractivity contribution >= 4 is 16.6 Å². The van der Waals surface area contributed by atoms with E-state index in [4.69, 9.17) is 4.74 Å². The molecule has 0 saturated heterocycles. The second-order valence-corrected chi connectivity index (χ2v) is 8.47. The molecule has 0 saturated carbocycles. The van der Waals surface area contributed by atoms with Gasteiger partial charge in [0.15, 0.2) is 0 Å². The van der Waals surface area contributed by atoms with Crippen LogP contribution in [0.15, 0.2) is 72.8 Å². The standard InChI is InChI=1S/C28H28N2O2/c1-4-21-25-10-7-8-19-12-15-26(30(19)25)28(21)23-14-13-20(31)18-24(23)22-9-5-6-11-27(22)32-17-16-29(2)3/h5-15,18,31H,4,16-17H2,1-3H3. The molecule has 0 atom stereocenters. The number of aromatic nitrogens is 1. The van der Waals surface area contributed by atoms with E-state index in [9.17, 15) is 5.11 Å². The van der Waals surface area contributed by atoms with Crippen molar-refractivity contribution in [3.8, 4) is 33.8 Å². The minimum atomic E-state index is 0.251. The van der Waals surface area contributed by atoms with E-state index in [1.807, 2.05) is 44.4 Å². The molecule has 4 heteroatoms. The normalized spacial score (nSPS) is 11.8. The summed E-state index contributed by atoms with van der Waals surface area (Å²) in [5.41, 5.74) is 9.28. The SMILES string of the molecule is CCc1c(-c2ccc(O)cc2-c2ccccc2OCCN(C)C)c2ccc3cccc1n32. The average molecular weight is 425 g/mol. The van der Waals surface area contributed by atoms with Crippen molar-refractivity contribution in [2.24, 2.45) is 0 Å². The van der Waals surface area contributed by atoms with Crippen LogP contribution >= 0.6 is 0 Å². The topological polar surface area (TPSA) is 37.1 Å². The summed E-state index contributed by atoms with van der Waals surface area (Å²) in [6, 6.07) is 24.6. The summed E-state index contributed by atoms with van der Waals surface area (Å²) in [5, 5.41) is 10.4. The number of likely N-dealkylation sites (N-methyl/N-ethyl adjacent to an activating group) is 1. The summed E-state index contributed by atoms with van der Waals surface area (Å²) in [6.45, 7) is 3.65. The number of phenols is 1. The molecule has 4 nitrogen and oxygen atoms in total. The lowest BCUT2D eigenvalue weighted by atomic mass is 9.91. The fraction of sp³-hybridized carbons (Fsp3) is 0.214. The van der Waals surface area contributed by atoms with Crippen LogP contribution in [-0.4, -0.2) is 41.7 Å². The van der Waals surface area contributed by atoms with Crippen LogP contribution in [0.4, 0.5) is 0 Å². The van der Waals surface area contributed by atoms with Crippen molar-refractivity contribution in [3.05, 3.63) is 78.4 Å². The predicted octanol–water partition coefficient (Wildman–Crippen LogP) is 6.07. The van der Waals surface area contributed by atoms with E-state index < -0.39 is 0 Å². The van der Waals surface area contributed by atoms with Crippen molar-refractivity contribution < 1.29 is 9.84 Å². The van der Waals surface area contributed by atoms with Gasteiger partial charge in [-0.05, 0) is 85.7 Å². The molecule has 0 spiro atoms. The maximum Gasteiger partial charge on any atom is 0.127 e. The lowest BCUT2D eigenvalue weighted by molar-refractivity contribution is 0.262. The number of ether oxygens (including phenoxy) is 1. The zero-order valence-corrected chi connectivity index (χ0v) is 18.8. The molecule has 1 N–H and O–H groups in total. The number of para-hydroxylation sites is 1. The molecule has 162 valence electrons. The maximum absolute atomic E-state index is 10.4. The van der Waals surface area contributed by atoms with Gasteiger partial charge in [-0.3, -0.25) is 0 Å². The summed E-state index contributed by atoms with van der Waals surface area (Å²) in [4.78, 5) is 2.11. The Morgan fingerprint density at radius 2 is 1.69 bits per heavy atom. The molecule has 0 unspecified atom stereocenters. The van der Waals surface area contributed by atoms with Gasteiger partial charge in [-0.1, -0.05) is 31.2 Å². The van der Waals surface area contributed by atoms with Crippen molar-refractivity contribution in [2.75, 3.05) is 27.2 Å². The largest absolute Gasteiger partial charge is 0.508 e. The maximum atomic E-state index is 10.4. The lowest BCUT2D eigenvalue weighted by Crippen LogP contribution is -2.19. The van der Waals surface area contributed by atoms with Crippen molar-refractivity contribution in [1.29, 1.82) is 0 Å². The van der Waals surface area contributed by atoms with Crippen LogP contribution in [0.5, 0.6) is 11.5 Å². The van der Waals surface area contributed by atoms with Crippen LogP contribution in [0, 0.1) is 0 Å². The minimum absolute atomic E-state index is 0.251. The highest BCUT2D eigenvalue weighted by atomic mass is 16.5. The number of hydrogen-bond donors (Lipinski definition) is 1. The number of rotatable bonds is 7. The minimum Gasteiger partial charge on any atom is -0.508 e. The summed E-state index contributed by atoms with van der Waals surface area (Å²) in [5.74, 6) is 1.08. The van der Waals surface area contributed by atoms with Gasteiger partial charge in [-0.2, -0.15) is 0 Å². The number of hydrogen-bond acceptors (Lipinski definition) is 3. The Hall–Kier alpha value is -3.50. The Bertz CT molecular complexity index is 1380. The van der Waals surface area contributed by atoms with Crippen molar-refractivity contribution in [1.82, 2.24) is 9.30 Å². The number of phenolic OH excluding ortho intramolecular Hbond substituents is 1. The summed E-state index contributed by atoms with van der Waals surface area (Å²) in [7, 11) is 4.08. The molecular formula is C28H28N2O2. The Balaban J connectivity index is 1.72. The molecule has 3 heterocycles. The number of nitrogens with zero attached hydrogens (tertiary/aromatic N) is 2. The Morgan fingerprint density at radius 1 is 0.844 bits per heavy atom. The van der Waals surface area contributed by atoms with Gasteiger partial charge in [0.25, 0.3) is 0 Å². The third kappa shape index (κ3) is 3.37. The molecular weight excluding hydrogens is 396 g/mol. The van der Waals surface area contributed by atoms with E-state index in [1.54, 1.807) is 6.07 Å². The van der Waals surface area contributed by atoms with E-state index in [0.717, 1.165) is 35.4 Å². The van der Waals surface area contributed by atoms with Crippen LogP contribution in [0.3, 0.4) is 0 Å². The van der Waals surface area contributed by atoms with E-state index in [2.05, 4.69) is 52.6 Å². The van der Waals surface area contributed by atoms with Gasteiger partial charge in [0, 0.05) is 23.2 Å². The molecule has 0 aliphatic heterocycles. The second-order valence-electron chi connectivity index (χ2n) is 8.47. The molecule has 5 rings (SSSR count). The molecule has 0 aliphatic carbocycles. The summed E-state index contributed by atoms with van der Waals surface area (Å²) < 4.78 is 8.51. The summed E-state index contributed by atoms with van der Waals surface area (Å²) >= 11 is 0. The zero-order valence-electron chi connectivity index (χ0n) is 18.8. The van der Waals surface area contributed by atoms with Gasteiger partial charge >= 0.3 is 0 Å². The highest BCUT2D eigenvalue weighted by Crippen LogP contribution is 2.44. The number of aromatic hydroxyl groups is 1. The Kier molecular flexibility index (Phi) is 5.24. The first-order valence-electron chi connectivity index (χ1n) is 11.1.